The summed E-state index contributed by atoms with van der Waals surface area (Å²) in [6, 6.07) is 1.42. The molecule has 2 fully saturated rings. The van der Waals surface area contributed by atoms with Crippen LogP contribution in [0.1, 0.15) is 66.3 Å². The lowest BCUT2D eigenvalue weighted by atomic mass is 10.0. The van der Waals surface area contributed by atoms with Crippen molar-refractivity contribution in [2.45, 2.75) is 51.2 Å². The van der Waals surface area contributed by atoms with Crippen molar-refractivity contribution >= 4 is 5.91 Å². The van der Waals surface area contributed by atoms with Gasteiger partial charge in [0.1, 0.15) is 6.04 Å². The van der Waals surface area contributed by atoms with Crippen LogP contribution in [-0.4, -0.2) is 45.2 Å². The zero-order chi connectivity index (χ0) is 17.4. The van der Waals surface area contributed by atoms with Gasteiger partial charge in [-0.05, 0) is 37.8 Å². The highest BCUT2D eigenvalue weighted by atomic mass is 16.5. The van der Waals surface area contributed by atoms with Crippen LogP contribution < -0.4 is 0 Å². The molecule has 0 unspecified atom stereocenters. The number of hydrogen-bond donors (Lipinski definition) is 0. The molecule has 0 radical (unpaired) electrons. The highest BCUT2D eigenvalue weighted by molar-refractivity contribution is 5.95. The molecule has 0 aromatic carbocycles. The van der Waals surface area contributed by atoms with Gasteiger partial charge in [-0.1, -0.05) is 12.1 Å². The van der Waals surface area contributed by atoms with Gasteiger partial charge in [0.15, 0.2) is 5.82 Å². The van der Waals surface area contributed by atoms with Gasteiger partial charge >= 0.3 is 0 Å². The maximum atomic E-state index is 13.2. The van der Waals surface area contributed by atoms with Gasteiger partial charge < -0.3 is 14.2 Å². The number of morpholine rings is 1. The van der Waals surface area contributed by atoms with Crippen LogP contribution in [0.5, 0.6) is 0 Å². The number of pyridine rings is 1. The van der Waals surface area contributed by atoms with E-state index in [1.807, 2.05) is 13.8 Å². The quantitative estimate of drug-likeness (QED) is 0.849. The van der Waals surface area contributed by atoms with E-state index < -0.39 is 0 Å². The Hall–Kier alpha value is -2.28. The van der Waals surface area contributed by atoms with Crippen molar-refractivity contribution in [2.75, 3.05) is 13.2 Å². The topological polar surface area (TPSA) is 81.4 Å². The molecule has 2 aromatic heterocycles. The van der Waals surface area contributed by atoms with E-state index in [0.29, 0.717) is 30.5 Å². The molecular formula is C18H22N4O3. The van der Waals surface area contributed by atoms with Crippen LogP contribution in [0.4, 0.5) is 0 Å². The summed E-state index contributed by atoms with van der Waals surface area (Å²) in [6.45, 7) is 4.96. The summed E-state index contributed by atoms with van der Waals surface area (Å²) in [4.78, 5) is 23.7. The first-order valence-corrected chi connectivity index (χ1v) is 8.88. The molecule has 1 saturated heterocycles. The van der Waals surface area contributed by atoms with Crippen LogP contribution >= 0.6 is 0 Å². The average Bonchev–Trinajstić information content (AvgIpc) is 3.38. The molecule has 4 rings (SSSR count). The van der Waals surface area contributed by atoms with E-state index in [9.17, 15) is 4.79 Å². The third kappa shape index (κ3) is 3.04. The van der Waals surface area contributed by atoms with Crippen molar-refractivity contribution in [3.05, 3.63) is 41.3 Å². The molecule has 0 N–H and O–H groups in total. The van der Waals surface area contributed by atoms with Gasteiger partial charge in [-0.15, -0.1) is 0 Å². The van der Waals surface area contributed by atoms with Crippen molar-refractivity contribution in [2.24, 2.45) is 0 Å². The highest BCUT2D eigenvalue weighted by Gasteiger charge is 2.40. The summed E-state index contributed by atoms with van der Waals surface area (Å²) in [6.07, 6.45) is 6.18. The Morgan fingerprint density at radius 2 is 2.24 bits per heavy atom. The van der Waals surface area contributed by atoms with Crippen molar-refractivity contribution in [1.82, 2.24) is 20.0 Å². The number of aromatic nitrogens is 3. The van der Waals surface area contributed by atoms with Crippen molar-refractivity contribution in [1.29, 1.82) is 0 Å². The van der Waals surface area contributed by atoms with Gasteiger partial charge in [0, 0.05) is 30.4 Å². The second-order valence-corrected chi connectivity index (χ2v) is 6.67. The maximum absolute atomic E-state index is 13.2. The van der Waals surface area contributed by atoms with E-state index >= 15 is 0 Å². The smallest absolute Gasteiger partial charge is 0.255 e. The fourth-order valence-corrected chi connectivity index (χ4v) is 3.33. The molecule has 2 atom stereocenters. The second kappa shape index (κ2) is 6.55. The van der Waals surface area contributed by atoms with Crippen LogP contribution in [0.2, 0.25) is 0 Å². The standard InChI is InChI=1S/C18H22N4O3/c1-3-12-10-19-7-6-14(12)18(23)22-8-9-24-11(2)15(22)17-20-16(21-25-17)13-4-5-13/h6-7,10-11,13,15H,3-5,8-9H2,1-2H3/t11-,15+/m1/s1. The molecule has 132 valence electrons. The van der Waals surface area contributed by atoms with E-state index in [4.69, 9.17) is 9.26 Å². The molecule has 25 heavy (non-hydrogen) atoms. The summed E-state index contributed by atoms with van der Waals surface area (Å²) in [5.41, 5.74) is 1.62. The van der Waals surface area contributed by atoms with Crippen molar-refractivity contribution in [3.8, 4) is 0 Å². The molecule has 1 aliphatic carbocycles. The highest BCUT2D eigenvalue weighted by Crippen LogP contribution is 2.39. The lowest BCUT2D eigenvalue weighted by Gasteiger charge is -2.37. The first kappa shape index (κ1) is 16.2. The van der Waals surface area contributed by atoms with Gasteiger partial charge in [-0.3, -0.25) is 9.78 Å². The van der Waals surface area contributed by atoms with Crippen LogP contribution in [0, 0.1) is 0 Å². The third-order valence-electron chi connectivity index (χ3n) is 4.92. The van der Waals surface area contributed by atoms with Crippen LogP contribution in [0.15, 0.2) is 23.0 Å². The molecule has 1 aliphatic heterocycles. The monoisotopic (exact) mass is 342 g/mol. The normalized spacial score (nSPS) is 23.7. The number of ether oxygens (including phenoxy) is 1. The van der Waals surface area contributed by atoms with E-state index in [1.54, 1.807) is 23.4 Å². The molecular weight excluding hydrogens is 320 g/mol. The second-order valence-electron chi connectivity index (χ2n) is 6.67. The number of hydrogen-bond acceptors (Lipinski definition) is 6. The predicted molar refractivity (Wildman–Crippen MR) is 89.1 cm³/mol. The Morgan fingerprint density at radius 1 is 1.40 bits per heavy atom. The van der Waals surface area contributed by atoms with Gasteiger partial charge in [0.25, 0.3) is 11.8 Å². The van der Waals surface area contributed by atoms with Gasteiger partial charge in [-0.2, -0.15) is 4.98 Å². The fourth-order valence-electron chi connectivity index (χ4n) is 3.33. The van der Waals surface area contributed by atoms with E-state index in [1.165, 1.54) is 0 Å². The molecule has 0 bridgehead atoms. The Balaban J connectivity index is 1.66. The number of rotatable bonds is 4. The fraction of sp³-hybridized carbons (Fsp3) is 0.556. The Bertz CT molecular complexity index is 771. The van der Waals surface area contributed by atoms with Gasteiger partial charge in [0.2, 0.25) is 0 Å². The van der Waals surface area contributed by atoms with Crippen molar-refractivity contribution < 1.29 is 14.1 Å². The van der Waals surface area contributed by atoms with Gasteiger partial charge in [-0.25, -0.2) is 0 Å². The number of amides is 1. The van der Waals surface area contributed by atoms with Gasteiger partial charge in [0.05, 0.1) is 12.7 Å². The molecule has 7 heteroatoms. The Morgan fingerprint density at radius 3 is 3.00 bits per heavy atom. The molecule has 0 spiro atoms. The van der Waals surface area contributed by atoms with Crippen LogP contribution in [0.25, 0.3) is 0 Å². The SMILES string of the molecule is CCc1cnccc1C(=O)N1CCO[C@H](C)[C@H]1c1nc(C2CC2)no1. The minimum Gasteiger partial charge on any atom is -0.374 e. The van der Waals surface area contributed by atoms with Crippen LogP contribution in [-0.2, 0) is 11.2 Å². The van der Waals surface area contributed by atoms with E-state index in [-0.39, 0.29) is 18.1 Å². The maximum Gasteiger partial charge on any atom is 0.255 e. The van der Waals surface area contributed by atoms with E-state index in [0.717, 1.165) is 30.7 Å². The number of aryl methyl sites for hydroxylation is 1. The molecule has 1 amide bonds. The minimum atomic E-state index is -0.362. The van der Waals surface area contributed by atoms with Crippen LogP contribution in [0.3, 0.4) is 0 Å². The number of carbonyl (C=O) groups excluding carboxylic acids is 1. The molecule has 1 saturated carbocycles. The summed E-state index contributed by atoms with van der Waals surface area (Å²) in [5, 5.41) is 4.10. The first-order chi connectivity index (χ1) is 12.2. The lowest BCUT2D eigenvalue weighted by Crippen LogP contribution is -2.47. The zero-order valence-corrected chi connectivity index (χ0v) is 14.5. The third-order valence-corrected chi connectivity index (χ3v) is 4.92. The zero-order valence-electron chi connectivity index (χ0n) is 14.5. The average molecular weight is 342 g/mol. The summed E-state index contributed by atoms with van der Waals surface area (Å²) in [5.74, 6) is 1.59. The number of carbonyl (C=O) groups is 1. The van der Waals surface area contributed by atoms with Crippen molar-refractivity contribution in [3.63, 3.8) is 0 Å². The molecule has 2 aliphatic rings. The first-order valence-electron chi connectivity index (χ1n) is 8.88. The predicted octanol–water partition coefficient (Wildman–Crippen LogP) is 2.51. The molecule has 7 nitrogen and oxygen atoms in total. The Kier molecular flexibility index (Phi) is 4.25. The molecule has 3 heterocycles. The molecule has 2 aromatic rings. The largest absolute Gasteiger partial charge is 0.374 e. The lowest BCUT2D eigenvalue weighted by molar-refractivity contribution is -0.0600. The Labute approximate surface area is 146 Å². The number of nitrogens with zero attached hydrogens (tertiary/aromatic N) is 4. The summed E-state index contributed by atoms with van der Waals surface area (Å²) < 4.78 is 11.3. The summed E-state index contributed by atoms with van der Waals surface area (Å²) in [7, 11) is 0. The summed E-state index contributed by atoms with van der Waals surface area (Å²) >= 11 is 0. The minimum absolute atomic E-state index is 0.0365. The van der Waals surface area contributed by atoms with E-state index in [2.05, 4.69) is 15.1 Å².